The summed E-state index contributed by atoms with van der Waals surface area (Å²) in [4.78, 5) is 51.5. The van der Waals surface area contributed by atoms with Crippen molar-refractivity contribution in [3.63, 3.8) is 0 Å². The van der Waals surface area contributed by atoms with E-state index in [4.69, 9.17) is 16.6 Å². The Morgan fingerprint density at radius 3 is 2.37 bits per heavy atom. The van der Waals surface area contributed by atoms with E-state index in [1.54, 1.807) is 12.1 Å². The number of nitrogens with zero attached hydrogens (tertiary/aromatic N) is 1. The first-order chi connectivity index (χ1) is 16.7. The number of carboxylic acid groups (broad SMARTS) is 1. The van der Waals surface area contributed by atoms with Gasteiger partial charge >= 0.3 is 5.97 Å². The van der Waals surface area contributed by atoms with E-state index in [1.807, 2.05) is 0 Å². The summed E-state index contributed by atoms with van der Waals surface area (Å²) >= 11 is 0. The van der Waals surface area contributed by atoms with Crippen molar-refractivity contribution in [3.8, 4) is 5.75 Å². The number of rotatable bonds is 13. The second-order valence-electron chi connectivity index (χ2n) is 8.59. The molecule has 1 aliphatic rings. The molecule has 0 saturated carbocycles. The standard InChI is InChI=1S/C23H35N5O7/c24-10-2-1-4-16(25)22(33)28-11-3-5-19(28)21(32)26-17(12-14-6-8-15(30)9-7-14)20(31)27-18(13-29)23(34)35/h6-9,16-19,29-30H,1-5,10-13,24-25H2,(H,26,32)(H,27,31)(H,34,35). The van der Waals surface area contributed by atoms with E-state index >= 15 is 0 Å². The topological polar surface area (TPSA) is 208 Å². The lowest BCUT2D eigenvalue weighted by Crippen LogP contribution is -2.57. The molecule has 0 aromatic heterocycles. The van der Waals surface area contributed by atoms with Crippen LogP contribution in [0.5, 0.6) is 5.75 Å². The summed E-state index contributed by atoms with van der Waals surface area (Å²) in [7, 11) is 0. The van der Waals surface area contributed by atoms with Gasteiger partial charge in [0.05, 0.1) is 12.6 Å². The van der Waals surface area contributed by atoms with Crippen LogP contribution in [0, 0.1) is 0 Å². The van der Waals surface area contributed by atoms with Crippen LogP contribution < -0.4 is 22.1 Å². The van der Waals surface area contributed by atoms with Crippen LogP contribution in [0.25, 0.3) is 0 Å². The van der Waals surface area contributed by atoms with Gasteiger partial charge in [-0.05, 0) is 49.9 Å². The molecular weight excluding hydrogens is 458 g/mol. The Balaban J connectivity index is 2.14. The number of aliphatic hydroxyl groups excluding tert-OH is 1. The van der Waals surface area contributed by atoms with Crippen LogP contribution in [0.15, 0.2) is 24.3 Å². The van der Waals surface area contributed by atoms with Crippen molar-refractivity contribution in [2.45, 2.75) is 62.7 Å². The van der Waals surface area contributed by atoms with Crippen molar-refractivity contribution >= 4 is 23.7 Å². The van der Waals surface area contributed by atoms with Gasteiger partial charge in [-0.3, -0.25) is 14.4 Å². The lowest BCUT2D eigenvalue weighted by molar-refractivity contribution is -0.144. The van der Waals surface area contributed by atoms with Gasteiger partial charge in [-0.15, -0.1) is 0 Å². The van der Waals surface area contributed by atoms with Crippen molar-refractivity contribution < 1.29 is 34.5 Å². The Kier molecular flexibility index (Phi) is 10.9. The van der Waals surface area contributed by atoms with E-state index < -0.39 is 48.6 Å². The SMILES string of the molecule is NCCCCC(N)C(=O)N1CCCC1C(=O)NC(Cc1ccc(O)cc1)C(=O)NC(CO)C(=O)O. The van der Waals surface area contributed by atoms with Crippen molar-refractivity contribution in [2.24, 2.45) is 11.5 Å². The number of likely N-dealkylation sites (tertiary alicyclic amines) is 1. The molecule has 3 amide bonds. The number of aliphatic carboxylic acids is 1. The average molecular weight is 494 g/mol. The molecule has 1 aromatic rings. The highest BCUT2D eigenvalue weighted by Gasteiger charge is 2.37. The Bertz CT molecular complexity index is 880. The maximum Gasteiger partial charge on any atom is 0.328 e. The van der Waals surface area contributed by atoms with Crippen LogP contribution in [0.2, 0.25) is 0 Å². The van der Waals surface area contributed by atoms with Crippen LogP contribution in [-0.2, 0) is 25.6 Å². The number of aliphatic hydroxyl groups is 1. The highest BCUT2D eigenvalue weighted by atomic mass is 16.4. The molecule has 4 unspecified atom stereocenters. The highest BCUT2D eigenvalue weighted by Crippen LogP contribution is 2.20. The molecule has 1 fully saturated rings. The molecule has 1 heterocycles. The summed E-state index contributed by atoms with van der Waals surface area (Å²) in [5.41, 5.74) is 12.1. The zero-order valence-electron chi connectivity index (χ0n) is 19.6. The number of unbranched alkanes of at least 4 members (excludes halogenated alkanes) is 1. The Hall–Kier alpha value is -3.22. The lowest BCUT2D eigenvalue weighted by atomic mass is 10.0. The van der Waals surface area contributed by atoms with Crippen molar-refractivity contribution in [1.29, 1.82) is 0 Å². The number of benzene rings is 1. The molecule has 12 nitrogen and oxygen atoms in total. The van der Waals surface area contributed by atoms with Gasteiger partial charge in [0.25, 0.3) is 0 Å². The first kappa shape index (κ1) is 28.0. The first-order valence-corrected chi connectivity index (χ1v) is 11.7. The zero-order valence-corrected chi connectivity index (χ0v) is 19.6. The van der Waals surface area contributed by atoms with Gasteiger partial charge in [-0.25, -0.2) is 4.79 Å². The van der Waals surface area contributed by atoms with E-state index in [2.05, 4.69) is 10.6 Å². The summed E-state index contributed by atoms with van der Waals surface area (Å²) in [5, 5.41) is 32.7. The predicted octanol–water partition coefficient (Wildman–Crippen LogP) is -1.57. The number of nitrogens with one attached hydrogen (secondary N) is 2. The molecule has 194 valence electrons. The van der Waals surface area contributed by atoms with Gasteiger partial charge in [0, 0.05) is 13.0 Å². The maximum absolute atomic E-state index is 13.1. The maximum atomic E-state index is 13.1. The number of hydrogen-bond donors (Lipinski definition) is 7. The fourth-order valence-electron chi connectivity index (χ4n) is 3.95. The summed E-state index contributed by atoms with van der Waals surface area (Å²) in [6, 6.07) is 1.67. The molecule has 35 heavy (non-hydrogen) atoms. The average Bonchev–Trinajstić information content (AvgIpc) is 3.32. The number of carbonyl (C=O) groups excluding carboxylic acids is 3. The molecule has 1 saturated heterocycles. The number of carboxylic acids is 1. The van der Waals surface area contributed by atoms with Gasteiger partial charge in [0.15, 0.2) is 0 Å². The monoisotopic (exact) mass is 493 g/mol. The van der Waals surface area contributed by atoms with Crippen LogP contribution in [0.3, 0.4) is 0 Å². The third-order valence-electron chi connectivity index (χ3n) is 5.93. The molecule has 0 aliphatic carbocycles. The summed E-state index contributed by atoms with van der Waals surface area (Å²) in [5.74, 6) is -3.10. The minimum absolute atomic E-state index is 0.00507. The van der Waals surface area contributed by atoms with Gasteiger partial charge in [-0.2, -0.15) is 0 Å². The van der Waals surface area contributed by atoms with Crippen LogP contribution >= 0.6 is 0 Å². The molecule has 1 aromatic carbocycles. The number of phenols is 1. The van der Waals surface area contributed by atoms with Gasteiger partial charge < -0.3 is 42.3 Å². The quantitative estimate of drug-likeness (QED) is 0.158. The fraction of sp³-hybridized carbons (Fsp3) is 0.565. The summed E-state index contributed by atoms with van der Waals surface area (Å²) in [6.45, 7) is 0.0367. The molecule has 1 aliphatic heterocycles. The first-order valence-electron chi connectivity index (χ1n) is 11.7. The van der Waals surface area contributed by atoms with Crippen LogP contribution in [0.4, 0.5) is 0 Å². The van der Waals surface area contributed by atoms with E-state index in [-0.39, 0.29) is 18.1 Å². The Labute approximate surface area is 203 Å². The van der Waals surface area contributed by atoms with Crippen LogP contribution in [0.1, 0.15) is 37.7 Å². The lowest BCUT2D eigenvalue weighted by Gasteiger charge is -2.28. The van der Waals surface area contributed by atoms with E-state index in [1.165, 1.54) is 17.0 Å². The fourth-order valence-corrected chi connectivity index (χ4v) is 3.95. The molecular formula is C23H35N5O7. The second-order valence-corrected chi connectivity index (χ2v) is 8.59. The van der Waals surface area contributed by atoms with Gasteiger partial charge in [0.2, 0.25) is 17.7 Å². The third-order valence-corrected chi connectivity index (χ3v) is 5.93. The van der Waals surface area contributed by atoms with E-state index in [9.17, 15) is 29.4 Å². The number of aromatic hydroxyl groups is 1. The van der Waals surface area contributed by atoms with Gasteiger partial charge in [0.1, 0.15) is 23.9 Å². The minimum atomic E-state index is -1.54. The molecule has 0 bridgehead atoms. The van der Waals surface area contributed by atoms with Crippen molar-refractivity contribution in [3.05, 3.63) is 29.8 Å². The molecule has 9 N–H and O–H groups in total. The van der Waals surface area contributed by atoms with Crippen molar-refractivity contribution in [1.82, 2.24) is 15.5 Å². The summed E-state index contributed by atoms with van der Waals surface area (Å²) in [6.07, 6.45) is 2.87. The van der Waals surface area contributed by atoms with Gasteiger partial charge in [-0.1, -0.05) is 18.6 Å². The summed E-state index contributed by atoms with van der Waals surface area (Å²) < 4.78 is 0. The number of phenolic OH excluding ortho intramolecular Hbond substituents is 1. The number of amides is 3. The predicted molar refractivity (Wildman–Crippen MR) is 126 cm³/mol. The van der Waals surface area contributed by atoms with E-state index in [0.29, 0.717) is 44.3 Å². The molecule has 0 radical (unpaired) electrons. The zero-order chi connectivity index (χ0) is 26.0. The molecule has 12 heteroatoms. The van der Waals surface area contributed by atoms with Crippen LogP contribution in [-0.4, -0.2) is 87.8 Å². The number of nitrogens with two attached hydrogens (primary N) is 2. The van der Waals surface area contributed by atoms with Crippen molar-refractivity contribution in [2.75, 3.05) is 19.7 Å². The highest BCUT2D eigenvalue weighted by molar-refractivity contribution is 5.94. The molecule has 4 atom stereocenters. The molecule has 2 rings (SSSR count). The molecule has 0 spiro atoms. The number of hydrogen-bond acceptors (Lipinski definition) is 8. The Morgan fingerprint density at radius 2 is 1.77 bits per heavy atom. The smallest absolute Gasteiger partial charge is 0.328 e. The second kappa shape index (κ2) is 13.6. The Morgan fingerprint density at radius 1 is 1.09 bits per heavy atom. The minimum Gasteiger partial charge on any atom is -0.508 e. The normalized spacial score (nSPS) is 17.9. The van der Waals surface area contributed by atoms with E-state index in [0.717, 1.165) is 6.42 Å². The third kappa shape index (κ3) is 8.19. The largest absolute Gasteiger partial charge is 0.508 e. The number of carbonyl (C=O) groups is 4.